The van der Waals surface area contributed by atoms with Crippen LogP contribution in [-0.4, -0.2) is 63.4 Å². The molecule has 4 atom stereocenters. The molecule has 3 aliphatic rings. The van der Waals surface area contributed by atoms with Crippen molar-refractivity contribution in [1.29, 1.82) is 0 Å². The van der Waals surface area contributed by atoms with E-state index in [0.717, 1.165) is 31.7 Å². The Kier molecular flexibility index (Phi) is 4.48. The number of aromatic carboxylic acids is 1. The number of ether oxygens (including phenoxy) is 1. The largest absolute Gasteiger partial charge is 0.477 e. The molecule has 9 nitrogen and oxygen atoms in total. The fraction of sp³-hybridized carbons (Fsp3) is 0.571. The number of rotatable bonds is 6. The van der Waals surface area contributed by atoms with Crippen molar-refractivity contribution in [2.24, 2.45) is 11.8 Å². The number of hydrogen-bond acceptors (Lipinski definition) is 6. The smallest absolute Gasteiger partial charge is 0.354 e. The number of aromatic amines is 1. The fourth-order valence-corrected chi connectivity index (χ4v) is 5.70. The maximum absolute atomic E-state index is 12.6. The van der Waals surface area contributed by atoms with Crippen molar-refractivity contribution in [1.82, 2.24) is 20.4 Å². The second-order valence-electron chi connectivity index (χ2n) is 8.81. The molecule has 3 aliphatic heterocycles. The Morgan fingerprint density at radius 1 is 1.43 bits per heavy atom. The number of H-pyrrole nitrogens is 1. The summed E-state index contributed by atoms with van der Waals surface area (Å²) in [6, 6.07) is 1.77. The Balaban J connectivity index is 1.26. The molecular formula is C21H26N4O5. The fourth-order valence-electron chi connectivity index (χ4n) is 5.70. The number of carbonyl (C=O) groups excluding carboxylic acids is 1. The van der Waals surface area contributed by atoms with Gasteiger partial charge in [-0.25, -0.2) is 4.79 Å². The number of amides is 1. The van der Waals surface area contributed by atoms with Crippen molar-refractivity contribution in [2.45, 2.75) is 44.9 Å². The van der Waals surface area contributed by atoms with E-state index in [-0.39, 0.29) is 29.2 Å². The number of aryl methyl sites for hydroxylation is 2. The molecule has 3 fully saturated rings. The molecule has 3 N–H and O–H groups in total. The molecule has 5 rings (SSSR count). The van der Waals surface area contributed by atoms with E-state index in [2.05, 4.69) is 20.4 Å². The lowest BCUT2D eigenvalue weighted by molar-refractivity contribution is 0.00211. The van der Waals surface area contributed by atoms with Crippen molar-refractivity contribution in [3.8, 4) is 0 Å². The van der Waals surface area contributed by atoms with E-state index < -0.39 is 5.97 Å². The number of fused-ring (bicyclic) bond motifs is 1. The van der Waals surface area contributed by atoms with Gasteiger partial charge in [0.25, 0.3) is 5.91 Å². The Morgan fingerprint density at radius 2 is 2.27 bits per heavy atom. The van der Waals surface area contributed by atoms with E-state index in [9.17, 15) is 14.7 Å². The highest BCUT2D eigenvalue weighted by Gasteiger charge is 2.62. The van der Waals surface area contributed by atoms with Crippen molar-refractivity contribution in [3.05, 3.63) is 40.6 Å². The zero-order valence-corrected chi connectivity index (χ0v) is 17.1. The number of furan rings is 1. The molecule has 2 bridgehead atoms. The number of aromatic nitrogens is 2. The molecule has 0 radical (unpaired) electrons. The van der Waals surface area contributed by atoms with Gasteiger partial charge < -0.3 is 19.6 Å². The number of nitrogens with one attached hydrogen (secondary N) is 2. The molecule has 0 aliphatic carbocycles. The average molecular weight is 414 g/mol. The monoisotopic (exact) mass is 414 g/mol. The SMILES string of the molecule is Cc1cc(C(=O)NC[C@H]2[C@H]3CN(Cc4cn[nH]c4C(=O)O)C[C@]34CC[C@H]2O4)c(C)o1. The maximum Gasteiger partial charge on any atom is 0.354 e. The van der Waals surface area contributed by atoms with E-state index >= 15 is 0 Å². The Morgan fingerprint density at radius 3 is 3.00 bits per heavy atom. The molecule has 2 aromatic heterocycles. The van der Waals surface area contributed by atoms with Crippen LogP contribution in [0, 0.1) is 25.7 Å². The van der Waals surface area contributed by atoms with Gasteiger partial charge in [0, 0.05) is 43.6 Å². The highest BCUT2D eigenvalue weighted by Crippen LogP contribution is 2.54. The van der Waals surface area contributed by atoms with Crippen molar-refractivity contribution < 1.29 is 23.8 Å². The lowest BCUT2D eigenvalue weighted by Gasteiger charge is -2.29. The van der Waals surface area contributed by atoms with Crippen LogP contribution in [0.2, 0.25) is 0 Å². The van der Waals surface area contributed by atoms with Gasteiger partial charge in [-0.1, -0.05) is 0 Å². The van der Waals surface area contributed by atoms with Crippen LogP contribution in [0.25, 0.3) is 0 Å². The predicted molar refractivity (Wildman–Crippen MR) is 105 cm³/mol. The first-order valence-corrected chi connectivity index (χ1v) is 10.4. The normalized spacial score (nSPS) is 30.0. The van der Waals surface area contributed by atoms with Gasteiger partial charge >= 0.3 is 5.97 Å². The zero-order valence-electron chi connectivity index (χ0n) is 17.1. The van der Waals surface area contributed by atoms with E-state index in [1.54, 1.807) is 19.2 Å². The van der Waals surface area contributed by atoms with Gasteiger partial charge in [0.15, 0.2) is 0 Å². The van der Waals surface area contributed by atoms with Gasteiger partial charge in [0.2, 0.25) is 0 Å². The molecule has 0 unspecified atom stereocenters. The zero-order chi connectivity index (χ0) is 21.0. The highest BCUT2D eigenvalue weighted by atomic mass is 16.5. The number of carboxylic acids is 1. The lowest BCUT2D eigenvalue weighted by atomic mass is 9.73. The molecular weight excluding hydrogens is 388 g/mol. The Hall–Kier alpha value is -2.65. The first-order chi connectivity index (χ1) is 14.4. The van der Waals surface area contributed by atoms with Crippen molar-refractivity contribution in [3.63, 3.8) is 0 Å². The Bertz CT molecular complexity index is 997. The maximum atomic E-state index is 12.6. The number of carbonyl (C=O) groups is 2. The minimum atomic E-state index is -0.998. The predicted octanol–water partition coefficient (Wildman–Crippen LogP) is 1.73. The summed E-state index contributed by atoms with van der Waals surface area (Å²) in [6.45, 7) is 6.33. The Labute approximate surface area is 173 Å². The molecule has 1 amide bonds. The molecule has 0 aromatic carbocycles. The summed E-state index contributed by atoms with van der Waals surface area (Å²) < 4.78 is 11.9. The number of carboxylic acid groups (broad SMARTS) is 1. The first kappa shape index (κ1) is 19.3. The van der Waals surface area contributed by atoms with Crippen LogP contribution in [-0.2, 0) is 11.3 Å². The molecule has 9 heteroatoms. The van der Waals surface area contributed by atoms with Crippen LogP contribution in [0.15, 0.2) is 16.7 Å². The minimum absolute atomic E-state index is 0.111. The van der Waals surface area contributed by atoms with Gasteiger partial charge in [-0.05, 0) is 32.8 Å². The number of likely N-dealkylation sites (tertiary alicyclic amines) is 1. The quantitative estimate of drug-likeness (QED) is 0.658. The van der Waals surface area contributed by atoms with Crippen LogP contribution >= 0.6 is 0 Å². The summed E-state index contributed by atoms with van der Waals surface area (Å²) in [7, 11) is 0. The minimum Gasteiger partial charge on any atom is -0.477 e. The van der Waals surface area contributed by atoms with Gasteiger partial charge in [0.1, 0.15) is 17.2 Å². The van der Waals surface area contributed by atoms with Crippen LogP contribution in [0.1, 0.15) is 50.8 Å². The van der Waals surface area contributed by atoms with Crippen LogP contribution in [0.3, 0.4) is 0 Å². The summed E-state index contributed by atoms with van der Waals surface area (Å²) in [5, 5.41) is 18.8. The average Bonchev–Trinajstić information content (AvgIpc) is 3.47. The summed E-state index contributed by atoms with van der Waals surface area (Å²) in [4.78, 5) is 26.2. The number of nitrogens with zero attached hydrogens (tertiary/aromatic N) is 2. The second kappa shape index (κ2) is 6.95. The third-order valence-electron chi connectivity index (χ3n) is 6.96. The standard InChI is InChI=1S/C21H26N4O5/c1-11-5-14(12(2)29-11)19(26)22-7-15-16-9-25(10-21(16)4-3-17(15)30-21)8-13-6-23-24-18(13)20(27)28/h5-6,15-17H,3-4,7-10H2,1-2H3,(H,22,26)(H,23,24)(H,27,28)/t15-,16+,17+,21+/m0/s1. The summed E-state index contributed by atoms with van der Waals surface area (Å²) in [5.74, 6) is 0.828. The summed E-state index contributed by atoms with van der Waals surface area (Å²) >= 11 is 0. The summed E-state index contributed by atoms with van der Waals surface area (Å²) in [6.07, 6.45) is 3.77. The van der Waals surface area contributed by atoms with Crippen molar-refractivity contribution >= 4 is 11.9 Å². The lowest BCUT2D eigenvalue weighted by Crippen LogP contribution is -2.41. The van der Waals surface area contributed by atoms with E-state index in [1.165, 1.54) is 0 Å². The molecule has 2 aromatic rings. The van der Waals surface area contributed by atoms with Gasteiger partial charge in [-0.15, -0.1) is 0 Å². The molecule has 1 spiro atoms. The molecule has 3 saturated heterocycles. The van der Waals surface area contributed by atoms with E-state index in [0.29, 0.717) is 35.9 Å². The summed E-state index contributed by atoms with van der Waals surface area (Å²) in [5.41, 5.74) is 1.23. The topological polar surface area (TPSA) is 121 Å². The molecule has 5 heterocycles. The highest BCUT2D eigenvalue weighted by molar-refractivity contribution is 5.95. The van der Waals surface area contributed by atoms with E-state index in [1.807, 2.05) is 6.92 Å². The van der Waals surface area contributed by atoms with Crippen LogP contribution < -0.4 is 5.32 Å². The van der Waals surface area contributed by atoms with Crippen LogP contribution in [0.5, 0.6) is 0 Å². The molecule has 30 heavy (non-hydrogen) atoms. The first-order valence-electron chi connectivity index (χ1n) is 10.4. The molecule has 160 valence electrons. The third kappa shape index (κ3) is 3.04. The molecule has 0 saturated carbocycles. The number of hydrogen-bond donors (Lipinski definition) is 3. The van der Waals surface area contributed by atoms with Gasteiger partial charge in [-0.3, -0.25) is 14.8 Å². The second-order valence-corrected chi connectivity index (χ2v) is 8.81. The third-order valence-corrected chi connectivity index (χ3v) is 6.96. The van der Waals surface area contributed by atoms with Crippen molar-refractivity contribution in [2.75, 3.05) is 19.6 Å². The van der Waals surface area contributed by atoms with Gasteiger partial charge in [-0.2, -0.15) is 5.10 Å². The van der Waals surface area contributed by atoms with Crippen LogP contribution in [0.4, 0.5) is 0 Å². The van der Waals surface area contributed by atoms with Gasteiger partial charge in [0.05, 0.1) is 23.5 Å². The van der Waals surface area contributed by atoms with E-state index in [4.69, 9.17) is 9.15 Å².